The molecule has 0 aromatic rings. The van der Waals surface area contributed by atoms with Crippen LogP contribution in [0.5, 0.6) is 0 Å². The zero-order valence-electron chi connectivity index (χ0n) is 19.3. The number of unbranched alkanes of at least 4 members (excludes halogenated alkanes) is 10. The average molecular weight is 430 g/mol. The van der Waals surface area contributed by atoms with E-state index in [2.05, 4.69) is 12.2 Å². The number of aliphatic carboxylic acids is 1. The maximum Gasteiger partial charge on any atom is 0.303 e. The fourth-order valence-electron chi connectivity index (χ4n) is 3.54. The number of amides is 1. The van der Waals surface area contributed by atoms with Crippen LogP contribution in [-0.2, 0) is 14.3 Å². The zero-order valence-corrected chi connectivity index (χ0v) is 19.3. The third-order valence-electron chi connectivity index (χ3n) is 5.38. The monoisotopic (exact) mass is 429 g/mol. The number of aliphatic hydroxyl groups is 1. The molecule has 30 heavy (non-hydrogen) atoms. The molecule has 1 unspecified atom stereocenters. The Balaban J connectivity index is 4.04. The molecule has 0 spiro atoms. The molecule has 178 valence electrons. The molecule has 0 aliphatic rings. The number of hydrogen-bond donors (Lipinski definition) is 3. The van der Waals surface area contributed by atoms with Crippen molar-refractivity contribution in [3.05, 3.63) is 0 Å². The molecule has 0 rings (SSSR count). The number of carbonyl (C=O) groups excluding carboxylic acids is 1. The number of hydrogen-bond acceptors (Lipinski definition) is 4. The summed E-state index contributed by atoms with van der Waals surface area (Å²) < 4.78 is 5.55. The smallest absolute Gasteiger partial charge is 0.303 e. The zero-order chi connectivity index (χ0) is 22.3. The fourth-order valence-corrected chi connectivity index (χ4v) is 3.54. The lowest BCUT2D eigenvalue weighted by Crippen LogP contribution is -2.35. The minimum atomic E-state index is -0.717. The van der Waals surface area contributed by atoms with Crippen molar-refractivity contribution in [3.63, 3.8) is 0 Å². The molecule has 3 N–H and O–H groups in total. The van der Waals surface area contributed by atoms with Gasteiger partial charge in [-0.2, -0.15) is 0 Å². The number of nitrogens with one attached hydrogen (secondary N) is 1. The van der Waals surface area contributed by atoms with Crippen molar-refractivity contribution in [1.82, 2.24) is 5.32 Å². The molecule has 1 amide bonds. The van der Waals surface area contributed by atoms with E-state index in [4.69, 9.17) is 14.9 Å². The summed E-state index contributed by atoms with van der Waals surface area (Å²) in [5.41, 5.74) is 0. The summed E-state index contributed by atoms with van der Waals surface area (Å²) in [5, 5.41) is 20.7. The third kappa shape index (κ3) is 21.6. The molecular formula is C24H47NO5. The van der Waals surface area contributed by atoms with Gasteiger partial charge < -0.3 is 20.3 Å². The van der Waals surface area contributed by atoms with Gasteiger partial charge in [0.1, 0.15) is 0 Å². The molecule has 0 radical (unpaired) electrons. The van der Waals surface area contributed by atoms with Crippen molar-refractivity contribution in [2.75, 3.05) is 19.8 Å². The van der Waals surface area contributed by atoms with E-state index in [1.165, 1.54) is 12.8 Å². The summed E-state index contributed by atoms with van der Waals surface area (Å²) >= 11 is 0. The SMILES string of the molecule is CCCCCOCCC(=O)NC(CCCCCCCO)CCCCCCCC(=O)O. The normalized spacial score (nSPS) is 12.1. The van der Waals surface area contributed by atoms with Gasteiger partial charge in [0.25, 0.3) is 0 Å². The summed E-state index contributed by atoms with van der Waals surface area (Å²) in [6, 6.07) is 0.217. The molecular weight excluding hydrogens is 382 g/mol. The Bertz CT molecular complexity index is 403. The van der Waals surface area contributed by atoms with E-state index in [1.54, 1.807) is 0 Å². The summed E-state index contributed by atoms with van der Waals surface area (Å²) in [6.07, 6.45) is 16.3. The highest BCUT2D eigenvalue weighted by Gasteiger charge is 2.12. The Hall–Kier alpha value is -1.14. The van der Waals surface area contributed by atoms with Gasteiger partial charge in [0, 0.05) is 32.1 Å². The Morgan fingerprint density at radius 1 is 0.767 bits per heavy atom. The van der Waals surface area contributed by atoms with Crippen LogP contribution in [0.3, 0.4) is 0 Å². The van der Waals surface area contributed by atoms with Gasteiger partial charge >= 0.3 is 5.97 Å². The first-order valence-corrected chi connectivity index (χ1v) is 12.3. The Kier molecular flexibility index (Phi) is 21.7. The largest absolute Gasteiger partial charge is 0.481 e. The number of carboxylic acid groups (broad SMARTS) is 1. The van der Waals surface area contributed by atoms with E-state index < -0.39 is 5.97 Å². The lowest BCUT2D eigenvalue weighted by molar-refractivity contribution is -0.137. The van der Waals surface area contributed by atoms with E-state index in [0.29, 0.717) is 13.0 Å². The van der Waals surface area contributed by atoms with Gasteiger partial charge in [-0.3, -0.25) is 9.59 Å². The topological polar surface area (TPSA) is 95.9 Å². The summed E-state index contributed by atoms with van der Waals surface area (Å²) in [5.74, 6) is -0.636. The number of aliphatic hydroxyl groups excluding tert-OH is 1. The Labute approximate surface area is 184 Å². The third-order valence-corrected chi connectivity index (χ3v) is 5.38. The first-order valence-electron chi connectivity index (χ1n) is 12.3. The lowest BCUT2D eigenvalue weighted by atomic mass is 10.00. The number of carbonyl (C=O) groups is 2. The second-order valence-corrected chi connectivity index (χ2v) is 8.31. The van der Waals surface area contributed by atoms with Crippen molar-refractivity contribution in [2.24, 2.45) is 0 Å². The van der Waals surface area contributed by atoms with Crippen LogP contribution in [0.1, 0.15) is 116 Å². The van der Waals surface area contributed by atoms with Gasteiger partial charge in [-0.05, 0) is 32.1 Å². The maximum absolute atomic E-state index is 12.3. The van der Waals surface area contributed by atoms with Crippen molar-refractivity contribution in [1.29, 1.82) is 0 Å². The maximum atomic E-state index is 12.3. The van der Waals surface area contributed by atoms with Crippen molar-refractivity contribution < 1.29 is 24.5 Å². The molecule has 0 aromatic heterocycles. The van der Waals surface area contributed by atoms with Crippen LogP contribution < -0.4 is 5.32 Å². The first-order chi connectivity index (χ1) is 14.6. The number of rotatable bonds is 23. The van der Waals surface area contributed by atoms with Crippen LogP contribution in [-0.4, -0.2) is 48.0 Å². The first kappa shape index (κ1) is 28.9. The lowest BCUT2D eigenvalue weighted by Gasteiger charge is -2.19. The van der Waals surface area contributed by atoms with Crippen LogP contribution in [0, 0.1) is 0 Å². The van der Waals surface area contributed by atoms with Crippen molar-refractivity contribution in [2.45, 2.75) is 122 Å². The minimum absolute atomic E-state index is 0.0808. The quantitative estimate of drug-likeness (QED) is 0.194. The molecule has 6 heteroatoms. The van der Waals surface area contributed by atoms with Gasteiger partial charge in [0.05, 0.1) is 6.61 Å². The van der Waals surface area contributed by atoms with Crippen LogP contribution in [0.2, 0.25) is 0 Å². The molecule has 6 nitrogen and oxygen atoms in total. The van der Waals surface area contributed by atoms with E-state index in [0.717, 1.165) is 90.1 Å². The molecule has 0 aliphatic heterocycles. The molecule has 0 saturated heterocycles. The Morgan fingerprint density at radius 3 is 1.97 bits per heavy atom. The van der Waals surface area contributed by atoms with Gasteiger partial charge in [-0.25, -0.2) is 0 Å². The van der Waals surface area contributed by atoms with Crippen LogP contribution in [0.15, 0.2) is 0 Å². The second kappa shape index (κ2) is 22.5. The number of carboxylic acids is 1. The highest BCUT2D eigenvalue weighted by Crippen LogP contribution is 2.14. The highest BCUT2D eigenvalue weighted by atomic mass is 16.5. The van der Waals surface area contributed by atoms with E-state index in [1.807, 2.05) is 0 Å². The molecule has 0 heterocycles. The molecule has 0 bridgehead atoms. The predicted octanol–water partition coefficient (Wildman–Crippen LogP) is 5.22. The van der Waals surface area contributed by atoms with E-state index in [9.17, 15) is 9.59 Å². The molecule has 0 fully saturated rings. The summed E-state index contributed by atoms with van der Waals surface area (Å²) in [4.78, 5) is 22.8. The molecule has 1 atom stereocenters. The van der Waals surface area contributed by atoms with Crippen LogP contribution in [0.4, 0.5) is 0 Å². The Morgan fingerprint density at radius 2 is 1.37 bits per heavy atom. The number of ether oxygens (including phenoxy) is 1. The second-order valence-electron chi connectivity index (χ2n) is 8.31. The predicted molar refractivity (Wildman–Crippen MR) is 122 cm³/mol. The highest BCUT2D eigenvalue weighted by molar-refractivity contribution is 5.76. The molecule has 0 saturated carbocycles. The van der Waals surface area contributed by atoms with Crippen molar-refractivity contribution in [3.8, 4) is 0 Å². The fraction of sp³-hybridized carbons (Fsp3) is 0.917. The van der Waals surface area contributed by atoms with Gasteiger partial charge in [-0.15, -0.1) is 0 Å². The van der Waals surface area contributed by atoms with E-state index >= 15 is 0 Å². The molecule has 0 aliphatic carbocycles. The standard InChI is InChI=1S/C24H47NO5/c1-2-3-14-20-30-21-18-23(27)25-22(16-11-7-5-9-13-19-26)15-10-6-4-8-12-17-24(28)29/h22,26H,2-21H2,1H3,(H,25,27)(H,28,29). The minimum Gasteiger partial charge on any atom is -0.481 e. The average Bonchev–Trinajstić information content (AvgIpc) is 2.71. The van der Waals surface area contributed by atoms with Crippen LogP contribution in [0.25, 0.3) is 0 Å². The van der Waals surface area contributed by atoms with Gasteiger partial charge in [-0.1, -0.05) is 71.1 Å². The van der Waals surface area contributed by atoms with Gasteiger partial charge in [0.15, 0.2) is 0 Å². The van der Waals surface area contributed by atoms with Crippen molar-refractivity contribution >= 4 is 11.9 Å². The summed E-state index contributed by atoms with van der Waals surface area (Å²) in [7, 11) is 0. The van der Waals surface area contributed by atoms with Gasteiger partial charge in [0.2, 0.25) is 5.91 Å². The van der Waals surface area contributed by atoms with Crippen LogP contribution >= 0.6 is 0 Å². The molecule has 0 aromatic carbocycles. The van der Waals surface area contributed by atoms with E-state index in [-0.39, 0.29) is 25.0 Å². The summed E-state index contributed by atoms with van der Waals surface area (Å²) in [6.45, 7) is 3.66.